The van der Waals surface area contributed by atoms with Crippen molar-refractivity contribution < 1.29 is 21.5 Å². The fraction of sp³-hybridized carbons (Fsp3) is 0.604. The number of phenols is 3. The fourth-order valence-electron chi connectivity index (χ4n) is 7.68. The van der Waals surface area contributed by atoms with Crippen LogP contribution in [-0.2, 0) is 37.3 Å². The van der Waals surface area contributed by atoms with Crippen molar-refractivity contribution in [1.29, 1.82) is 0 Å². The summed E-state index contributed by atoms with van der Waals surface area (Å²) in [5.74, 6) is 0.972. The molecule has 3 aromatic rings. The molecule has 1 heterocycles. The van der Waals surface area contributed by atoms with Gasteiger partial charge in [-0.1, -0.05) is 132 Å². The van der Waals surface area contributed by atoms with Crippen molar-refractivity contribution in [1.82, 2.24) is 0 Å². The maximum absolute atomic E-state index is 14.6. The normalized spacial score (nSPS) is 15.6. The Bertz CT molecular complexity index is 1730. The summed E-state index contributed by atoms with van der Waals surface area (Å²) in [5, 5.41) is 35.3. The average molecular weight is 757 g/mol. The van der Waals surface area contributed by atoms with E-state index >= 15 is 0 Å². The summed E-state index contributed by atoms with van der Waals surface area (Å²) in [6.07, 6.45) is -0.357. The Hall–Kier alpha value is -3.87. The van der Waals surface area contributed by atoms with Crippen molar-refractivity contribution in [2.45, 2.75) is 177 Å². The number of rotatable bonds is 5. The first-order valence-corrected chi connectivity index (χ1v) is 20.1. The summed E-state index contributed by atoms with van der Waals surface area (Å²) in [6, 6.07) is 12.5. The molecule has 0 spiro atoms. The lowest BCUT2D eigenvalue weighted by Crippen LogP contribution is -2.65. The highest BCUT2D eigenvalue weighted by Crippen LogP contribution is 2.47. The molecular formula is C48H74N3O4+. The number of aromatic hydroxyl groups is 3. The minimum Gasteiger partial charge on any atom is -0.507 e. The standard InChI is InChI=1S/C48H73N3O4/c1-20-38(52)42-50(30-23-34(45(8,9)10)40(54)35(24-30)46(11,12)13)27-49(29-21-32(43(2,3)4)39(53)33(22-29)44(5,6)7)28-51(42)31-25-36(47(14,15)16)41(55)37(26-31)48(17,18)19/h21-26,42,53-55H,20,27-28H2,1-19H3/p+1. The van der Waals surface area contributed by atoms with Crippen LogP contribution in [0.4, 0.5) is 17.1 Å². The number of phenolic OH excluding ortho intramolecular Hbond substituents is 3. The molecule has 0 atom stereocenters. The van der Waals surface area contributed by atoms with E-state index in [1.165, 1.54) is 0 Å². The Morgan fingerprint density at radius 2 is 0.709 bits per heavy atom. The molecule has 1 saturated heterocycles. The minimum atomic E-state index is -0.683. The molecule has 0 radical (unpaired) electrons. The molecule has 3 N–H and O–H groups in total. The zero-order chi connectivity index (χ0) is 42.2. The molecule has 1 aliphatic rings. The third-order valence-corrected chi connectivity index (χ3v) is 11.0. The van der Waals surface area contributed by atoms with Gasteiger partial charge in [-0.25, -0.2) is 0 Å². The summed E-state index contributed by atoms with van der Waals surface area (Å²) < 4.78 is 0. The maximum atomic E-state index is 14.6. The zero-order valence-corrected chi connectivity index (χ0v) is 37.8. The Balaban J connectivity index is 0.00000841. The third-order valence-electron chi connectivity index (χ3n) is 11.0. The van der Waals surface area contributed by atoms with E-state index < -0.39 is 6.17 Å². The minimum absolute atomic E-state index is 0. The van der Waals surface area contributed by atoms with Gasteiger partial charge >= 0.3 is 1.43 Å². The van der Waals surface area contributed by atoms with Gasteiger partial charge in [0.2, 0.25) is 0 Å². The molecule has 304 valence electrons. The lowest BCUT2D eigenvalue weighted by atomic mass is 9.78. The Morgan fingerprint density at radius 1 is 0.491 bits per heavy atom. The molecule has 7 heteroatoms. The van der Waals surface area contributed by atoms with Crippen LogP contribution in [0.15, 0.2) is 36.4 Å². The van der Waals surface area contributed by atoms with E-state index in [0.717, 1.165) is 50.4 Å². The summed E-state index contributed by atoms with van der Waals surface area (Å²) in [6.45, 7) is 40.8. The molecule has 0 aliphatic carbocycles. The van der Waals surface area contributed by atoms with E-state index in [1.807, 2.05) is 6.92 Å². The second-order valence-electron chi connectivity index (χ2n) is 22.1. The first-order valence-electron chi connectivity index (χ1n) is 20.1. The highest BCUT2D eigenvalue weighted by atomic mass is 16.3. The van der Waals surface area contributed by atoms with Crippen LogP contribution in [-0.4, -0.2) is 40.6 Å². The number of Topliss-reactive ketones (excluding diaryl/α,β-unsaturated/α-hetero) is 1. The lowest BCUT2D eigenvalue weighted by Gasteiger charge is -2.51. The zero-order valence-electron chi connectivity index (χ0n) is 38.8. The monoisotopic (exact) mass is 757 g/mol. The van der Waals surface area contributed by atoms with Gasteiger partial charge < -0.3 is 30.0 Å². The Kier molecular flexibility index (Phi) is 11.4. The third kappa shape index (κ3) is 8.92. The Morgan fingerprint density at radius 3 is 0.909 bits per heavy atom. The van der Waals surface area contributed by atoms with Gasteiger partial charge in [-0.15, -0.1) is 0 Å². The van der Waals surface area contributed by atoms with E-state index in [9.17, 15) is 20.1 Å². The van der Waals surface area contributed by atoms with Gasteiger partial charge in [-0.2, -0.15) is 0 Å². The largest absolute Gasteiger partial charge is 1.00 e. The summed E-state index contributed by atoms with van der Waals surface area (Å²) in [5.41, 5.74) is 5.51. The van der Waals surface area contributed by atoms with Gasteiger partial charge in [0.05, 0.1) is 13.3 Å². The first-order chi connectivity index (χ1) is 24.7. The summed E-state index contributed by atoms with van der Waals surface area (Å²) in [7, 11) is 0. The van der Waals surface area contributed by atoms with Gasteiger partial charge in [0, 0.05) is 56.9 Å². The van der Waals surface area contributed by atoms with Crippen molar-refractivity contribution in [3.05, 3.63) is 69.8 Å². The van der Waals surface area contributed by atoms with E-state index in [-0.39, 0.29) is 39.7 Å². The number of ketones is 1. The van der Waals surface area contributed by atoms with Crippen molar-refractivity contribution in [2.24, 2.45) is 0 Å². The number of nitrogens with zero attached hydrogens (tertiary/aromatic N) is 3. The molecule has 1 fully saturated rings. The van der Waals surface area contributed by atoms with Crippen molar-refractivity contribution >= 4 is 22.8 Å². The number of anilines is 3. The molecule has 3 aromatic carbocycles. The molecule has 55 heavy (non-hydrogen) atoms. The van der Waals surface area contributed by atoms with Crippen LogP contribution >= 0.6 is 0 Å². The fourth-order valence-corrected chi connectivity index (χ4v) is 7.68. The van der Waals surface area contributed by atoms with Crippen LogP contribution in [0.1, 0.15) is 173 Å². The summed E-state index contributed by atoms with van der Waals surface area (Å²) >= 11 is 0. The number of carbonyl (C=O) groups is 1. The second kappa shape index (κ2) is 14.3. The average Bonchev–Trinajstić information content (AvgIpc) is 3.00. The SMILES string of the molecule is CCC(=O)C1N(c2cc(C(C)(C)C)c(O)c(C(C)(C)C)c2)CN(c2cc(C(C)(C)C)c(O)c(C(C)(C)C)c2)CN1c1cc(C(C)(C)C)c(O)c(C(C)(C)C)c1.[H+]. The molecule has 0 saturated carbocycles. The van der Waals surface area contributed by atoms with Crippen molar-refractivity contribution in [3.63, 3.8) is 0 Å². The Labute approximate surface area is 335 Å². The van der Waals surface area contributed by atoms with E-state index in [1.54, 1.807) is 0 Å². The van der Waals surface area contributed by atoms with E-state index in [4.69, 9.17) is 0 Å². The maximum Gasteiger partial charge on any atom is 1.00 e. The number of hydrogen-bond donors (Lipinski definition) is 3. The molecule has 4 rings (SSSR count). The highest BCUT2D eigenvalue weighted by Gasteiger charge is 2.41. The van der Waals surface area contributed by atoms with Gasteiger partial charge in [-0.05, 0) is 68.9 Å². The number of benzene rings is 3. The van der Waals surface area contributed by atoms with Crippen LogP contribution in [0.2, 0.25) is 0 Å². The molecule has 0 amide bonds. The molecule has 1 aliphatic heterocycles. The topological polar surface area (TPSA) is 87.5 Å². The van der Waals surface area contributed by atoms with Crippen molar-refractivity contribution in [2.75, 3.05) is 28.0 Å². The van der Waals surface area contributed by atoms with Gasteiger partial charge in [0.1, 0.15) is 17.2 Å². The molecule has 0 unspecified atom stereocenters. The van der Waals surface area contributed by atoms with Crippen LogP contribution in [0.25, 0.3) is 0 Å². The molecule has 0 aromatic heterocycles. The lowest BCUT2D eigenvalue weighted by molar-refractivity contribution is -0.120. The molecule has 0 bridgehead atoms. The second-order valence-corrected chi connectivity index (χ2v) is 22.1. The highest BCUT2D eigenvalue weighted by molar-refractivity contribution is 5.91. The first kappa shape index (κ1) is 43.9. The van der Waals surface area contributed by atoms with Gasteiger partial charge in [-0.3, -0.25) is 4.79 Å². The smallest absolute Gasteiger partial charge is 0.507 e. The summed E-state index contributed by atoms with van der Waals surface area (Å²) in [4.78, 5) is 21.3. The van der Waals surface area contributed by atoms with E-state index in [2.05, 4.69) is 176 Å². The predicted octanol–water partition coefficient (Wildman–Crippen LogP) is 11.8. The van der Waals surface area contributed by atoms with Gasteiger partial charge in [0.15, 0.2) is 11.9 Å². The van der Waals surface area contributed by atoms with Crippen LogP contribution < -0.4 is 14.7 Å². The molecule has 7 nitrogen and oxygen atoms in total. The predicted molar refractivity (Wildman–Crippen MR) is 234 cm³/mol. The van der Waals surface area contributed by atoms with Crippen molar-refractivity contribution in [3.8, 4) is 17.2 Å². The quantitative estimate of drug-likeness (QED) is 0.239. The van der Waals surface area contributed by atoms with Gasteiger partial charge in [0.25, 0.3) is 0 Å². The van der Waals surface area contributed by atoms with E-state index in [0.29, 0.717) is 37.0 Å². The van der Waals surface area contributed by atoms with Crippen LogP contribution in [0.5, 0.6) is 17.2 Å². The van der Waals surface area contributed by atoms with Crippen LogP contribution in [0.3, 0.4) is 0 Å². The molecular weight excluding hydrogens is 683 g/mol. The van der Waals surface area contributed by atoms with Crippen LogP contribution in [0, 0.1) is 0 Å². The number of hydrogen-bond acceptors (Lipinski definition) is 7. The number of carbonyl (C=O) groups excluding carboxylic acids is 1.